The molecule has 144 valence electrons. The lowest BCUT2D eigenvalue weighted by Gasteiger charge is -2.23. The van der Waals surface area contributed by atoms with Crippen LogP contribution < -0.4 is 10.7 Å². The Bertz CT molecular complexity index is 704. The summed E-state index contributed by atoms with van der Waals surface area (Å²) in [5.41, 5.74) is 3.21. The van der Waals surface area contributed by atoms with Crippen molar-refractivity contribution in [1.82, 2.24) is 5.43 Å². The molecule has 7 heteroatoms. The largest absolute Gasteiger partial charge is 0.481 e. The van der Waals surface area contributed by atoms with E-state index in [9.17, 15) is 9.59 Å². The van der Waals surface area contributed by atoms with Crippen molar-refractivity contribution in [2.75, 3.05) is 5.32 Å². The summed E-state index contributed by atoms with van der Waals surface area (Å²) in [5, 5.41) is 15.5. The summed E-state index contributed by atoms with van der Waals surface area (Å²) < 4.78 is 6.00. The molecule has 7 nitrogen and oxygen atoms in total. The van der Waals surface area contributed by atoms with Crippen LogP contribution >= 0.6 is 0 Å². The van der Waals surface area contributed by atoms with Crippen LogP contribution in [0.15, 0.2) is 47.6 Å². The first-order valence-electron chi connectivity index (χ1n) is 9.31. The highest BCUT2D eigenvalue weighted by Gasteiger charge is 2.47. The normalized spacial score (nSPS) is 26.7. The molecule has 0 radical (unpaired) electrons. The van der Waals surface area contributed by atoms with Gasteiger partial charge in [0.05, 0.1) is 12.2 Å². The minimum atomic E-state index is -0.784. The van der Waals surface area contributed by atoms with Gasteiger partial charge in [-0.1, -0.05) is 30.4 Å². The lowest BCUT2D eigenvalue weighted by Crippen LogP contribution is -2.30. The van der Waals surface area contributed by atoms with Gasteiger partial charge >= 0.3 is 12.0 Å². The summed E-state index contributed by atoms with van der Waals surface area (Å²) in [6.07, 6.45) is 9.67. The topological polar surface area (TPSA) is 100 Å². The highest BCUT2D eigenvalue weighted by atomic mass is 16.5. The van der Waals surface area contributed by atoms with Crippen molar-refractivity contribution in [3.05, 3.63) is 42.5 Å². The fourth-order valence-electron chi connectivity index (χ4n) is 3.77. The first-order chi connectivity index (χ1) is 13.1. The molecule has 0 aliphatic carbocycles. The number of rotatable bonds is 8. The number of carboxylic acids is 1. The molecule has 27 heavy (non-hydrogen) atoms. The Kier molecular flexibility index (Phi) is 6.59. The number of hydrogen-bond donors (Lipinski definition) is 3. The summed E-state index contributed by atoms with van der Waals surface area (Å²) >= 11 is 0. The predicted molar refractivity (Wildman–Crippen MR) is 103 cm³/mol. The number of fused-ring (bicyclic) bond motifs is 2. The number of aliphatic carboxylic acids is 1. The van der Waals surface area contributed by atoms with E-state index in [1.54, 1.807) is 18.3 Å². The molecule has 0 saturated carbocycles. The van der Waals surface area contributed by atoms with E-state index in [0.29, 0.717) is 18.0 Å². The number of carbonyl (C=O) groups excluding carboxylic acids is 1. The summed E-state index contributed by atoms with van der Waals surface area (Å²) in [5.74, 6) is -0.315. The molecule has 2 heterocycles. The maximum Gasteiger partial charge on any atom is 0.339 e. The van der Waals surface area contributed by atoms with Crippen molar-refractivity contribution in [2.24, 2.45) is 16.9 Å². The van der Waals surface area contributed by atoms with Crippen LogP contribution in [0.2, 0.25) is 0 Å². The number of hydrazone groups is 1. The maximum atomic E-state index is 11.9. The number of allylic oxidation sites excluding steroid dienone is 2. The number of urea groups is 1. The standard InChI is InChI=1S/C20H25N3O4/c24-19(25)10-6-2-5-9-15-16(18-12-11-17(15)27-18)13-21-23-20(26)22-14-7-3-1-4-8-14/h1-5,7-8,13,15-18H,6,9-12H2,(H,24,25)(H2,22,23,26)/b5-2-,21-13+/t15-,16+,17-,18+/m1/s1. The van der Waals surface area contributed by atoms with Gasteiger partial charge in [-0.2, -0.15) is 5.10 Å². The van der Waals surface area contributed by atoms with Crippen LogP contribution in [-0.2, 0) is 9.53 Å². The summed E-state index contributed by atoms with van der Waals surface area (Å²) in [6, 6.07) is 8.80. The Morgan fingerprint density at radius 3 is 2.74 bits per heavy atom. The molecule has 4 atom stereocenters. The van der Waals surface area contributed by atoms with E-state index in [1.807, 2.05) is 30.4 Å². The van der Waals surface area contributed by atoms with Gasteiger partial charge in [0.15, 0.2) is 0 Å². The van der Waals surface area contributed by atoms with Gasteiger partial charge in [0.1, 0.15) is 0 Å². The fourth-order valence-corrected chi connectivity index (χ4v) is 3.77. The third kappa shape index (κ3) is 5.40. The molecule has 2 aliphatic rings. The number of hydrogen-bond acceptors (Lipinski definition) is 4. The van der Waals surface area contributed by atoms with Crippen LogP contribution in [-0.4, -0.2) is 35.5 Å². The van der Waals surface area contributed by atoms with Gasteiger partial charge in [-0.15, -0.1) is 0 Å². The number of nitrogens with one attached hydrogen (secondary N) is 2. The van der Waals surface area contributed by atoms with E-state index in [1.165, 1.54) is 0 Å². The highest BCUT2D eigenvalue weighted by molar-refractivity contribution is 5.89. The maximum absolute atomic E-state index is 11.9. The van der Waals surface area contributed by atoms with Gasteiger partial charge in [-0.3, -0.25) is 4.79 Å². The van der Waals surface area contributed by atoms with Gasteiger partial charge in [0, 0.05) is 24.2 Å². The number of anilines is 1. The number of para-hydroxylation sites is 1. The van der Waals surface area contributed by atoms with Gasteiger partial charge in [-0.05, 0) is 43.7 Å². The van der Waals surface area contributed by atoms with E-state index in [-0.39, 0.29) is 30.6 Å². The second kappa shape index (κ2) is 9.32. The SMILES string of the molecule is O=C(O)CC/C=C\C[C@@H]1[C@H](/C=N/NC(=O)Nc2ccccc2)[C@@H]2CC[C@H]1O2. The zero-order valence-electron chi connectivity index (χ0n) is 15.1. The number of carbonyl (C=O) groups is 2. The highest BCUT2D eigenvalue weighted by Crippen LogP contribution is 2.44. The van der Waals surface area contributed by atoms with E-state index in [0.717, 1.165) is 19.3 Å². The average Bonchev–Trinajstić information content (AvgIpc) is 3.24. The third-order valence-electron chi connectivity index (χ3n) is 5.03. The zero-order chi connectivity index (χ0) is 19.1. The van der Waals surface area contributed by atoms with Crippen molar-refractivity contribution in [1.29, 1.82) is 0 Å². The minimum absolute atomic E-state index is 0.148. The number of nitrogens with zero attached hydrogens (tertiary/aromatic N) is 1. The monoisotopic (exact) mass is 371 g/mol. The molecule has 2 bridgehead atoms. The molecule has 1 aromatic carbocycles. The molecule has 0 spiro atoms. The molecule has 2 saturated heterocycles. The smallest absolute Gasteiger partial charge is 0.339 e. The Labute approximate surface area is 158 Å². The quantitative estimate of drug-likeness (QED) is 0.370. The van der Waals surface area contributed by atoms with E-state index in [4.69, 9.17) is 9.84 Å². The second-order valence-corrected chi connectivity index (χ2v) is 6.88. The molecule has 3 rings (SSSR count). The molecule has 2 amide bonds. The average molecular weight is 371 g/mol. The first kappa shape index (κ1) is 19.1. The second-order valence-electron chi connectivity index (χ2n) is 6.88. The fraction of sp³-hybridized carbons (Fsp3) is 0.450. The van der Waals surface area contributed by atoms with Gasteiger partial charge in [-0.25, -0.2) is 10.2 Å². The van der Waals surface area contributed by atoms with Crippen LogP contribution in [0.5, 0.6) is 0 Å². The predicted octanol–water partition coefficient (Wildman–Crippen LogP) is 3.40. The molecular weight excluding hydrogens is 346 g/mol. The minimum Gasteiger partial charge on any atom is -0.481 e. The molecule has 0 unspecified atom stereocenters. The van der Waals surface area contributed by atoms with Crippen molar-refractivity contribution in [2.45, 2.75) is 44.3 Å². The Hall–Kier alpha value is -2.67. The van der Waals surface area contributed by atoms with Crippen LogP contribution in [0.25, 0.3) is 0 Å². The van der Waals surface area contributed by atoms with Crippen LogP contribution in [0, 0.1) is 11.8 Å². The molecule has 0 aromatic heterocycles. The van der Waals surface area contributed by atoms with Crippen LogP contribution in [0.1, 0.15) is 32.1 Å². The zero-order valence-corrected chi connectivity index (χ0v) is 15.1. The van der Waals surface area contributed by atoms with Crippen molar-refractivity contribution in [3.8, 4) is 0 Å². The molecule has 3 N–H and O–H groups in total. The van der Waals surface area contributed by atoms with Crippen molar-refractivity contribution < 1.29 is 19.4 Å². The summed E-state index contributed by atoms with van der Waals surface area (Å²) in [4.78, 5) is 22.5. The van der Waals surface area contributed by atoms with Crippen LogP contribution in [0.4, 0.5) is 10.5 Å². The Balaban J connectivity index is 1.48. The number of benzene rings is 1. The molecule has 2 aliphatic heterocycles. The van der Waals surface area contributed by atoms with E-state index < -0.39 is 5.97 Å². The Morgan fingerprint density at radius 1 is 1.19 bits per heavy atom. The van der Waals surface area contributed by atoms with Gasteiger partial charge in [0.25, 0.3) is 0 Å². The van der Waals surface area contributed by atoms with Gasteiger partial charge in [0.2, 0.25) is 0 Å². The van der Waals surface area contributed by atoms with E-state index >= 15 is 0 Å². The van der Waals surface area contributed by atoms with Crippen molar-refractivity contribution >= 4 is 23.9 Å². The Morgan fingerprint density at radius 2 is 1.96 bits per heavy atom. The first-order valence-corrected chi connectivity index (χ1v) is 9.31. The lowest BCUT2D eigenvalue weighted by atomic mass is 9.78. The summed E-state index contributed by atoms with van der Waals surface area (Å²) in [7, 11) is 0. The number of carboxylic acid groups (broad SMARTS) is 1. The number of amides is 2. The van der Waals surface area contributed by atoms with Crippen molar-refractivity contribution in [3.63, 3.8) is 0 Å². The third-order valence-corrected chi connectivity index (χ3v) is 5.03. The summed E-state index contributed by atoms with van der Waals surface area (Å²) in [6.45, 7) is 0. The van der Waals surface area contributed by atoms with Crippen LogP contribution in [0.3, 0.4) is 0 Å². The van der Waals surface area contributed by atoms with Gasteiger partial charge < -0.3 is 15.2 Å². The molecule has 1 aromatic rings. The lowest BCUT2D eigenvalue weighted by molar-refractivity contribution is -0.136. The molecular formula is C20H25N3O4. The molecule has 2 fully saturated rings. The number of ether oxygens (including phenoxy) is 1. The van der Waals surface area contributed by atoms with E-state index in [2.05, 4.69) is 15.8 Å².